The number of aryl methyl sites for hydroxylation is 2. The molecule has 0 saturated heterocycles. The van der Waals surface area contributed by atoms with Crippen LogP contribution in [0.25, 0.3) is 0 Å². The molecule has 0 amide bonds. The Morgan fingerprint density at radius 3 is 2.46 bits per heavy atom. The van der Waals surface area contributed by atoms with Crippen molar-refractivity contribution >= 4 is 21.6 Å². The Labute approximate surface area is 204 Å². The first-order chi connectivity index (χ1) is 16.5. The Kier molecular flexibility index (Phi) is 6.71. The maximum Gasteiger partial charge on any atom is 0.338 e. The number of hydrogen-bond donors (Lipinski definition) is 0. The first kappa shape index (κ1) is 24.5. The molecule has 0 fully saturated rings. The van der Waals surface area contributed by atoms with E-state index in [1.165, 1.54) is 18.2 Å². The van der Waals surface area contributed by atoms with E-state index in [4.69, 9.17) is 14.2 Å². The first-order valence-electron chi connectivity index (χ1n) is 11.1. The van der Waals surface area contributed by atoms with Gasteiger partial charge in [0.05, 0.1) is 17.0 Å². The van der Waals surface area contributed by atoms with E-state index in [1.54, 1.807) is 13.0 Å². The molecule has 35 heavy (non-hydrogen) atoms. The van der Waals surface area contributed by atoms with Gasteiger partial charge in [-0.1, -0.05) is 18.2 Å². The summed E-state index contributed by atoms with van der Waals surface area (Å²) in [5.74, 6) is 0.298. The molecule has 3 aromatic rings. The minimum Gasteiger partial charge on any atom is -0.486 e. The number of rotatable bonds is 7. The summed E-state index contributed by atoms with van der Waals surface area (Å²) in [4.78, 5) is 25.5. The van der Waals surface area contributed by atoms with Crippen LogP contribution in [-0.2, 0) is 21.1 Å². The average Bonchev–Trinajstić information content (AvgIpc) is 3.10. The van der Waals surface area contributed by atoms with Crippen molar-refractivity contribution in [1.82, 2.24) is 4.57 Å². The normalized spacial score (nSPS) is 15.0. The Morgan fingerprint density at radius 2 is 1.74 bits per heavy atom. The summed E-state index contributed by atoms with van der Waals surface area (Å²) in [7, 11) is -3.48. The summed E-state index contributed by atoms with van der Waals surface area (Å²) in [5.41, 5.74) is 2.73. The predicted molar refractivity (Wildman–Crippen MR) is 129 cm³/mol. The zero-order valence-electron chi connectivity index (χ0n) is 20.0. The lowest BCUT2D eigenvalue weighted by atomic mass is 10.1. The van der Waals surface area contributed by atoms with Gasteiger partial charge in [0.15, 0.2) is 34.0 Å². The lowest BCUT2D eigenvalue weighted by Gasteiger charge is -2.27. The zero-order chi connectivity index (χ0) is 25.3. The Morgan fingerprint density at radius 1 is 1.03 bits per heavy atom. The largest absolute Gasteiger partial charge is 0.486 e. The highest BCUT2D eigenvalue weighted by Gasteiger charge is 2.24. The number of ether oxygens (including phenoxy) is 3. The third kappa shape index (κ3) is 5.24. The van der Waals surface area contributed by atoms with Crippen molar-refractivity contribution in [2.75, 3.05) is 19.5 Å². The second-order valence-electron chi connectivity index (χ2n) is 8.64. The van der Waals surface area contributed by atoms with Gasteiger partial charge in [0.25, 0.3) is 0 Å². The van der Waals surface area contributed by atoms with Crippen LogP contribution in [-0.4, -0.2) is 50.3 Å². The molecule has 2 aromatic carbocycles. The Bertz CT molecular complexity index is 1410. The maximum atomic E-state index is 12.9. The molecule has 0 bridgehead atoms. The number of carbonyl (C=O) groups is 2. The van der Waals surface area contributed by atoms with Gasteiger partial charge < -0.3 is 18.8 Å². The number of carbonyl (C=O) groups excluding carboxylic acids is 2. The molecule has 0 spiro atoms. The molecule has 1 aromatic heterocycles. The highest BCUT2D eigenvalue weighted by molar-refractivity contribution is 7.90. The fourth-order valence-corrected chi connectivity index (χ4v) is 4.71. The van der Waals surface area contributed by atoms with Crippen molar-refractivity contribution in [2.45, 2.75) is 38.3 Å². The van der Waals surface area contributed by atoms with Crippen LogP contribution in [0.1, 0.15) is 37.7 Å². The number of para-hydroxylation sites is 2. The van der Waals surface area contributed by atoms with E-state index in [2.05, 4.69) is 0 Å². The number of benzene rings is 2. The van der Waals surface area contributed by atoms with E-state index in [0.29, 0.717) is 35.8 Å². The van der Waals surface area contributed by atoms with Crippen molar-refractivity contribution in [3.63, 3.8) is 0 Å². The number of esters is 1. The molecule has 8 nitrogen and oxygen atoms in total. The van der Waals surface area contributed by atoms with E-state index >= 15 is 0 Å². The van der Waals surface area contributed by atoms with Crippen LogP contribution in [0.2, 0.25) is 0 Å². The van der Waals surface area contributed by atoms with Crippen LogP contribution in [0.3, 0.4) is 0 Å². The third-order valence-corrected chi connectivity index (χ3v) is 7.13. The molecular formula is C26H27NO7S. The number of sulfone groups is 1. The molecule has 4 rings (SSSR count). The first-order valence-corrected chi connectivity index (χ1v) is 13.0. The molecule has 0 aliphatic carbocycles. The topological polar surface area (TPSA) is 101 Å². The van der Waals surface area contributed by atoms with Crippen molar-refractivity contribution in [1.29, 1.82) is 0 Å². The van der Waals surface area contributed by atoms with Crippen LogP contribution in [0.15, 0.2) is 53.4 Å². The van der Waals surface area contributed by atoms with Crippen molar-refractivity contribution < 1.29 is 32.2 Å². The lowest BCUT2D eigenvalue weighted by molar-refractivity contribution is 0.0473. The van der Waals surface area contributed by atoms with Gasteiger partial charge in [-0.2, -0.15) is 0 Å². The number of hydrogen-bond acceptors (Lipinski definition) is 7. The van der Waals surface area contributed by atoms with Gasteiger partial charge in [0.2, 0.25) is 5.78 Å². The summed E-state index contributed by atoms with van der Waals surface area (Å²) >= 11 is 0. The molecule has 0 radical (unpaired) electrons. The molecule has 1 atom stereocenters. The molecule has 9 heteroatoms. The van der Waals surface area contributed by atoms with Crippen LogP contribution in [0, 0.1) is 20.8 Å². The van der Waals surface area contributed by atoms with Crippen LogP contribution >= 0.6 is 0 Å². The monoisotopic (exact) mass is 497 g/mol. The second kappa shape index (κ2) is 9.58. The minimum absolute atomic E-state index is 0.0152. The molecule has 1 aliphatic heterocycles. The lowest BCUT2D eigenvalue weighted by Crippen LogP contribution is -2.33. The number of nitrogens with zero attached hydrogens (tertiary/aromatic N) is 1. The summed E-state index contributed by atoms with van der Waals surface area (Å²) in [6, 6.07) is 13.5. The van der Waals surface area contributed by atoms with Gasteiger partial charge in [-0.15, -0.1) is 0 Å². The van der Waals surface area contributed by atoms with E-state index < -0.39 is 22.4 Å². The van der Waals surface area contributed by atoms with Crippen molar-refractivity contribution in [3.8, 4) is 11.5 Å². The predicted octanol–water partition coefficient (Wildman–Crippen LogP) is 3.70. The fourth-order valence-electron chi connectivity index (χ4n) is 4.06. The van der Waals surface area contributed by atoms with Gasteiger partial charge in [-0.3, -0.25) is 4.79 Å². The molecule has 2 heterocycles. The Balaban J connectivity index is 1.44. The van der Waals surface area contributed by atoms with Gasteiger partial charge in [-0.05, 0) is 56.7 Å². The second-order valence-corrected chi connectivity index (χ2v) is 10.7. The van der Waals surface area contributed by atoms with Gasteiger partial charge in [-0.25, -0.2) is 13.2 Å². The van der Waals surface area contributed by atoms with Crippen LogP contribution < -0.4 is 9.47 Å². The van der Waals surface area contributed by atoms with Gasteiger partial charge in [0, 0.05) is 23.2 Å². The highest BCUT2D eigenvalue weighted by atomic mass is 32.2. The summed E-state index contributed by atoms with van der Waals surface area (Å²) < 4.78 is 42.7. The highest BCUT2D eigenvalue weighted by Crippen LogP contribution is 2.31. The quantitative estimate of drug-likeness (QED) is 0.362. The SMILES string of the molecule is Cc1ccc(S(C)(=O)=O)cc1C(=O)OCC(=O)c1cc(C)n(C[C@H]2COc3ccccc3O2)c1C. The average molecular weight is 498 g/mol. The van der Waals surface area contributed by atoms with Crippen molar-refractivity contribution in [3.05, 3.63) is 76.6 Å². The fraction of sp³-hybridized carbons (Fsp3) is 0.308. The summed E-state index contributed by atoms with van der Waals surface area (Å²) in [5, 5.41) is 0. The van der Waals surface area contributed by atoms with E-state index in [-0.39, 0.29) is 22.3 Å². The van der Waals surface area contributed by atoms with Gasteiger partial charge >= 0.3 is 5.97 Å². The minimum atomic E-state index is -3.48. The number of fused-ring (bicyclic) bond motifs is 1. The third-order valence-electron chi connectivity index (χ3n) is 6.02. The van der Waals surface area contributed by atoms with Crippen LogP contribution in [0.4, 0.5) is 0 Å². The molecule has 0 N–H and O–H groups in total. The zero-order valence-corrected chi connectivity index (χ0v) is 20.8. The number of ketones is 1. The van der Waals surface area contributed by atoms with Crippen molar-refractivity contribution in [2.24, 2.45) is 0 Å². The molecule has 0 saturated carbocycles. The molecular weight excluding hydrogens is 470 g/mol. The van der Waals surface area contributed by atoms with Gasteiger partial charge in [0.1, 0.15) is 6.61 Å². The summed E-state index contributed by atoms with van der Waals surface area (Å²) in [6.45, 7) is 5.83. The smallest absolute Gasteiger partial charge is 0.338 e. The Hall–Kier alpha value is -3.59. The summed E-state index contributed by atoms with van der Waals surface area (Å²) in [6.07, 6.45) is 0.843. The van der Waals surface area contributed by atoms with Crippen LogP contribution in [0.5, 0.6) is 11.5 Å². The van der Waals surface area contributed by atoms with E-state index in [9.17, 15) is 18.0 Å². The van der Waals surface area contributed by atoms with E-state index in [0.717, 1.165) is 17.6 Å². The maximum absolute atomic E-state index is 12.9. The number of Topliss-reactive ketones (excluding diaryl/α,β-unsaturated/α-hetero) is 1. The standard InChI is InChI=1S/C26H27NO7S/c1-16-9-10-20(35(4,30)31)12-21(16)26(29)33-15-23(28)22-11-17(2)27(18(22)3)13-19-14-32-24-7-5-6-8-25(24)34-19/h5-12,19H,13-15H2,1-4H3/t19-/m0/s1. The molecule has 184 valence electrons. The molecule has 0 unspecified atom stereocenters. The number of aromatic nitrogens is 1. The van der Waals surface area contributed by atoms with E-state index in [1.807, 2.05) is 42.7 Å². The molecule has 1 aliphatic rings.